The topological polar surface area (TPSA) is 66.5 Å². The molecule has 1 amide bonds. The third kappa shape index (κ3) is 4.45. The molecule has 0 saturated carbocycles. The van der Waals surface area contributed by atoms with Gasteiger partial charge in [0.25, 0.3) is 0 Å². The van der Waals surface area contributed by atoms with E-state index in [1.807, 2.05) is 30.9 Å². The van der Waals surface area contributed by atoms with E-state index < -0.39 is 10.0 Å². The van der Waals surface area contributed by atoms with Crippen molar-refractivity contribution in [3.63, 3.8) is 0 Å². The van der Waals surface area contributed by atoms with Gasteiger partial charge in [0.15, 0.2) is 0 Å². The van der Waals surface area contributed by atoms with Crippen molar-refractivity contribution in [3.8, 4) is 0 Å². The molecule has 0 spiro atoms. The summed E-state index contributed by atoms with van der Waals surface area (Å²) < 4.78 is 27.6. The molecular weight excluding hydrogens is 372 g/mol. The average molecular weight is 401 g/mol. The number of hydrogen-bond acceptors (Lipinski definition) is 3. The molecule has 0 bridgehead atoms. The summed E-state index contributed by atoms with van der Waals surface area (Å²) in [5, 5.41) is 0. The van der Waals surface area contributed by atoms with Crippen LogP contribution in [0.3, 0.4) is 0 Å². The number of carbonyl (C=O) groups is 1. The minimum atomic E-state index is -3.61. The van der Waals surface area contributed by atoms with Crippen molar-refractivity contribution in [2.75, 3.05) is 13.1 Å². The quantitative estimate of drug-likeness (QED) is 0.805. The number of carbonyl (C=O) groups excluding carboxylic acids is 1. The SMILES string of the molecule is Cc1ccc(S(=O)(=O)NCCC(=O)N2CCCC2c2ccccc2C)cc1C. The smallest absolute Gasteiger partial charge is 0.240 e. The predicted octanol–water partition coefficient (Wildman–Crippen LogP) is 3.64. The van der Waals surface area contributed by atoms with E-state index in [4.69, 9.17) is 0 Å². The molecule has 1 saturated heterocycles. The molecule has 1 N–H and O–H groups in total. The van der Waals surface area contributed by atoms with Crippen LogP contribution in [0, 0.1) is 20.8 Å². The van der Waals surface area contributed by atoms with Gasteiger partial charge in [-0.1, -0.05) is 30.3 Å². The van der Waals surface area contributed by atoms with Crippen LogP contribution in [-0.2, 0) is 14.8 Å². The first-order valence-corrected chi connectivity index (χ1v) is 11.2. The number of sulfonamides is 1. The number of rotatable bonds is 6. The fraction of sp³-hybridized carbons (Fsp3) is 0.409. The van der Waals surface area contributed by atoms with Crippen LogP contribution in [0.2, 0.25) is 0 Å². The second kappa shape index (κ2) is 8.45. The molecule has 3 rings (SSSR count). The lowest BCUT2D eigenvalue weighted by atomic mass is 9.99. The van der Waals surface area contributed by atoms with Gasteiger partial charge in [-0.2, -0.15) is 0 Å². The lowest BCUT2D eigenvalue weighted by Gasteiger charge is -2.26. The number of aryl methyl sites for hydroxylation is 3. The molecule has 5 nitrogen and oxygen atoms in total. The second-order valence-electron chi connectivity index (χ2n) is 7.50. The summed E-state index contributed by atoms with van der Waals surface area (Å²) in [6, 6.07) is 13.3. The van der Waals surface area contributed by atoms with E-state index in [-0.39, 0.29) is 29.8 Å². The molecule has 1 unspecified atom stereocenters. The summed E-state index contributed by atoms with van der Waals surface area (Å²) in [7, 11) is -3.61. The maximum atomic E-state index is 12.8. The van der Waals surface area contributed by atoms with Gasteiger partial charge in [-0.25, -0.2) is 13.1 Å². The normalized spacial score (nSPS) is 17.1. The summed E-state index contributed by atoms with van der Waals surface area (Å²) in [5.74, 6) is -0.00598. The predicted molar refractivity (Wildman–Crippen MR) is 111 cm³/mol. The molecule has 2 aromatic carbocycles. The zero-order valence-electron chi connectivity index (χ0n) is 16.7. The Morgan fingerprint density at radius 1 is 1.07 bits per heavy atom. The van der Waals surface area contributed by atoms with Crippen LogP contribution in [-0.4, -0.2) is 32.3 Å². The molecule has 2 aromatic rings. The van der Waals surface area contributed by atoms with Crippen LogP contribution >= 0.6 is 0 Å². The van der Waals surface area contributed by atoms with Crippen LogP contribution in [0.1, 0.15) is 47.6 Å². The van der Waals surface area contributed by atoms with Crippen molar-refractivity contribution in [2.45, 2.75) is 51.0 Å². The van der Waals surface area contributed by atoms with Crippen LogP contribution in [0.15, 0.2) is 47.4 Å². The van der Waals surface area contributed by atoms with Gasteiger partial charge in [0.1, 0.15) is 0 Å². The lowest BCUT2D eigenvalue weighted by molar-refractivity contribution is -0.131. The van der Waals surface area contributed by atoms with E-state index in [0.717, 1.165) is 30.5 Å². The third-order valence-corrected chi connectivity index (χ3v) is 7.00. The minimum Gasteiger partial charge on any atom is -0.336 e. The molecule has 1 atom stereocenters. The van der Waals surface area contributed by atoms with E-state index in [9.17, 15) is 13.2 Å². The van der Waals surface area contributed by atoms with Gasteiger partial charge in [-0.05, 0) is 68.0 Å². The second-order valence-corrected chi connectivity index (χ2v) is 9.26. The number of nitrogens with one attached hydrogen (secondary N) is 1. The van der Waals surface area contributed by atoms with Gasteiger partial charge in [-0.15, -0.1) is 0 Å². The van der Waals surface area contributed by atoms with E-state index in [1.54, 1.807) is 18.2 Å². The first-order valence-electron chi connectivity index (χ1n) is 9.71. The largest absolute Gasteiger partial charge is 0.336 e. The van der Waals surface area contributed by atoms with Gasteiger partial charge < -0.3 is 4.90 Å². The zero-order chi connectivity index (χ0) is 20.3. The van der Waals surface area contributed by atoms with Crippen LogP contribution in [0.5, 0.6) is 0 Å². The van der Waals surface area contributed by atoms with Gasteiger partial charge in [0.2, 0.25) is 15.9 Å². The Morgan fingerprint density at radius 3 is 2.54 bits per heavy atom. The Morgan fingerprint density at radius 2 is 1.82 bits per heavy atom. The number of nitrogens with zero attached hydrogens (tertiary/aromatic N) is 1. The third-order valence-electron chi connectivity index (χ3n) is 5.54. The molecule has 0 aromatic heterocycles. The van der Waals surface area contributed by atoms with Crippen LogP contribution in [0.4, 0.5) is 0 Å². The van der Waals surface area contributed by atoms with E-state index in [0.29, 0.717) is 0 Å². The highest BCUT2D eigenvalue weighted by Crippen LogP contribution is 2.33. The molecule has 0 radical (unpaired) electrons. The van der Waals surface area contributed by atoms with E-state index >= 15 is 0 Å². The summed E-state index contributed by atoms with van der Waals surface area (Å²) in [4.78, 5) is 14.9. The first kappa shape index (κ1) is 20.6. The molecule has 1 aliphatic heterocycles. The Kier molecular flexibility index (Phi) is 6.20. The number of amides is 1. The molecule has 6 heteroatoms. The summed E-state index contributed by atoms with van der Waals surface area (Å²) >= 11 is 0. The van der Waals surface area contributed by atoms with E-state index in [2.05, 4.69) is 23.8 Å². The molecule has 0 aliphatic carbocycles. The molecule has 1 aliphatic rings. The number of hydrogen-bond donors (Lipinski definition) is 1. The van der Waals surface area contributed by atoms with Crippen molar-refractivity contribution in [2.24, 2.45) is 0 Å². The highest BCUT2D eigenvalue weighted by atomic mass is 32.2. The van der Waals surface area contributed by atoms with Crippen molar-refractivity contribution in [1.82, 2.24) is 9.62 Å². The molecule has 28 heavy (non-hydrogen) atoms. The molecule has 150 valence electrons. The molecule has 1 heterocycles. The highest BCUT2D eigenvalue weighted by molar-refractivity contribution is 7.89. The number of likely N-dealkylation sites (tertiary alicyclic amines) is 1. The standard InChI is InChI=1S/C22H28N2O3S/c1-16-10-11-19(15-18(16)3)28(26,27)23-13-12-22(25)24-14-6-9-21(24)20-8-5-4-7-17(20)2/h4-5,7-8,10-11,15,21,23H,6,9,12-14H2,1-3H3. The lowest BCUT2D eigenvalue weighted by Crippen LogP contribution is -2.34. The number of benzene rings is 2. The Hall–Kier alpha value is -2.18. The summed E-state index contributed by atoms with van der Waals surface area (Å²) in [5.41, 5.74) is 4.34. The van der Waals surface area contributed by atoms with Crippen LogP contribution in [0.25, 0.3) is 0 Å². The van der Waals surface area contributed by atoms with Gasteiger partial charge in [-0.3, -0.25) is 4.79 Å². The highest BCUT2D eigenvalue weighted by Gasteiger charge is 2.30. The summed E-state index contributed by atoms with van der Waals surface area (Å²) in [6.45, 7) is 6.72. The minimum absolute atomic E-state index is 0.00598. The maximum absolute atomic E-state index is 12.8. The fourth-order valence-electron chi connectivity index (χ4n) is 3.75. The van der Waals surface area contributed by atoms with Gasteiger partial charge >= 0.3 is 0 Å². The first-order chi connectivity index (χ1) is 13.3. The Balaban J connectivity index is 1.62. The van der Waals surface area contributed by atoms with E-state index in [1.165, 1.54) is 11.1 Å². The Labute approximate surface area is 167 Å². The van der Waals surface area contributed by atoms with Gasteiger partial charge in [0.05, 0.1) is 10.9 Å². The fourth-order valence-corrected chi connectivity index (χ4v) is 4.87. The molecule has 1 fully saturated rings. The average Bonchev–Trinajstić information content (AvgIpc) is 3.13. The van der Waals surface area contributed by atoms with Gasteiger partial charge in [0, 0.05) is 19.5 Å². The Bertz CT molecular complexity index is 969. The zero-order valence-corrected chi connectivity index (χ0v) is 17.6. The summed E-state index contributed by atoms with van der Waals surface area (Å²) in [6.07, 6.45) is 2.08. The van der Waals surface area contributed by atoms with Crippen molar-refractivity contribution < 1.29 is 13.2 Å². The monoisotopic (exact) mass is 400 g/mol. The van der Waals surface area contributed by atoms with Crippen molar-refractivity contribution in [1.29, 1.82) is 0 Å². The maximum Gasteiger partial charge on any atom is 0.240 e. The van der Waals surface area contributed by atoms with Crippen molar-refractivity contribution >= 4 is 15.9 Å². The van der Waals surface area contributed by atoms with Crippen molar-refractivity contribution in [3.05, 3.63) is 64.7 Å². The molecular formula is C22H28N2O3S. The van der Waals surface area contributed by atoms with Crippen LogP contribution < -0.4 is 4.72 Å².